The van der Waals surface area contributed by atoms with Gasteiger partial charge in [-0.3, -0.25) is 10.1 Å². The Bertz CT molecular complexity index is 622. The summed E-state index contributed by atoms with van der Waals surface area (Å²) in [6.45, 7) is 1.48. The lowest BCUT2D eigenvalue weighted by atomic mass is 9.99. The highest BCUT2D eigenvalue weighted by atomic mass is 16.6. The van der Waals surface area contributed by atoms with Gasteiger partial charge in [-0.05, 0) is 19.1 Å². The summed E-state index contributed by atoms with van der Waals surface area (Å²) in [7, 11) is 0. The first-order valence-corrected chi connectivity index (χ1v) is 6.68. The molecule has 1 saturated heterocycles. The van der Waals surface area contributed by atoms with Crippen molar-refractivity contribution < 1.29 is 34.9 Å². The maximum atomic E-state index is 10.9. The van der Waals surface area contributed by atoms with Gasteiger partial charge in [0, 0.05) is 11.8 Å². The van der Waals surface area contributed by atoms with E-state index in [1.807, 2.05) is 0 Å². The lowest BCUT2D eigenvalue weighted by molar-refractivity contribution is -0.385. The minimum Gasteiger partial charge on any atom is -0.545 e. The first kappa shape index (κ1) is 17.1. The number of anilines is 1. The van der Waals surface area contributed by atoms with Crippen LogP contribution in [0.4, 0.5) is 11.4 Å². The Hall–Kier alpha value is -2.27. The molecule has 0 saturated carbocycles. The van der Waals surface area contributed by atoms with Gasteiger partial charge in [-0.15, -0.1) is 0 Å². The van der Waals surface area contributed by atoms with Gasteiger partial charge in [0.15, 0.2) is 6.23 Å². The van der Waals surface area contributed by atoms with Crippen molar-refractivity contribution in [2.24, 2.45) is 0 Å². The topological polar surface area (TPSA) is 165 Å². The molecule has 10 nitrogen and oxygen atoms in total. The molecule has 5 unspecified atom stereocenters. The fourth-order valence-corrected chi connectivity index (χ4v) is 2.28. The van der Waals surface area contributed by atoms with E-state index in [0.29, 0.717) is 0 Å². The fraction of sp³-hybridized carbons (Fsp3) is 0.462. The molecular formula is C13H15N2O8-. The summed E-state index contributed by atoms with van der Waals surface area (Å²) in [5, 5.41) is 53.5. The largest absolute Gasteiger partial charge is 0.545 e. The van der Waals surface area contributed by atoms with Crippen LogP contribution in [0.25, 0.3) is 0 Å². The van der Waals surface area contributed by atoms with E-state index in [9.17, 15) is 35.3 Å². The second kappa shape index (κ2) is 6.46. The maximum absolute atomic E-state index is 10.9. The summed E-state index contributed by atoms with van der Waals surface area (Å²) in [4.78, 5) is 20.9. The second-order valence-corrected chi connectivity index (χ2v) is 5.15. The highest BCUT2D eigenvalue weighted by Gasteiger charge is 2.41. The first-order valence-electron chi connectivity index (χ1n) is 6.68. The van der Waals surface area contributed by atoms with Crippen molar-refractivity contribution in [2.75, 3.05) is 5.32 Å². The van der Waals surface area contributed by atoms with Gasteiger partial charge in [0.2, 0.25) is 0 Å². The number of carbonyl (C=O) groups excluding carboxylic acids is 1. The van der Waals surface area contributed by atoms with Gasteiger partial charge < -0.3 is 35.3 Å². The summed E-state index contributed by atoms with van der Waals surface area (Å²) in [6, 6.07) is 3.17. The number of ether oxygens (including phenoxy) is 1. The molecule has 0 spiro atoms. The van der Waals surface area contributed by atoms with Crippen molar-refractivity contribution in [1.82, 2.24) is 0 Å². The number of hydrogen-bond acceptors (Lipinski definition) is 9. The van der Waals surface area contributed by atoms with Crippen LogP contribution in [0.3, 0.4) is 0 Å². The molecule has 1 aliphatic heterocycles. The molecule has 1 heterocycles. The Morgan fingerprint density at radius 1 is 1.26 bits per heavy atom. The Morgan fingerprint density at radius 2 is 1.91 bits per heavy atom. The molecule has 0 amide bonds. The monoisotopic (exact) mass is 327 g/mol. The van der Waals surface area contributed by atoms with Crippen LogP contribution in [0.15, 0.2) is 18.2 Å². The van der Waals surface area contributed by atoms with Crippen molar-refractivity contribution in [3.8, 4) is 0 Å². The molecule has 0 bridgehead atoms. The third-order valence-corrected chi connectivity index (χ3v) is 3.58. The van der Waals surface area contributed by atoms with Crippen LogP contribution in [0, 0.1) is 10.1 Å². The standard InChI is InChI=1S/C13H16N2O8/c1-5-9(16)10(17)11(18)12(23-5)14-6-2-3-7(13(19)20)8(4-6)15(21)22/h2-5,9-12,14,16-18H,1H3,(H,19,20)/p-1. The Labute approximate surface area is 130 Å². The Kier molecular flexibility index (Phi) is 4.80. The van der Waals surface area contributed by atoms with E-state index in [1.165, 1.54) is 13.0 Å². The first-order chi connectivity index (χ1) is 10.7. The summed E-state index contributed by atoms with van der Waals surface area (Å²) >= 11 is 0. The molecule has 10 heteroatoms. The van der Waals surface area contributed by atoms with Crippen LogP contribution in [-0.4, -0.2) is 56.9 Å². The zero-order chi connectivity index (χ0) is 17.3. The number of rotatable bonds is 4. The molecule has 126 valence electrons. The predicted molar refractivity (Wildman–Crippen MR) is 73.4 cm³/mol. The molecule has 1 aromatic carbocycles. The van der Waals surface area contributed by atoms with E-state index in [-0.39, 0.29) is 5.69 Å². The number of nitrogens with one attached hydrogen (secondary N) is 1. The van der Waals surface area contributed by atoms with Crippen molar-refractivity contribution in [3.63, 3.8) is 0 Å². The Morgan fingerprint density at radius 3 is 2.48 bits per heavy atom. The van der Waals surface area contributed by atoms with Crippen LogP contribution >= 0.6 is 0 Å². The van der Waals surface area contributed by atoms with Crippen molar-refractivity contribution in [2.45, 2.75) is 37.6 Å². The summed E-state index contributed by atoms with van der Waals surface area (Å²) in [6.07, 6.45) is -6.16. The average molecular weight is 327 g/mol. The molecule has 1 fully saturated rings. The number of nitro groups is 1. The predicted octanol–water partition coefficient (Wildman–Crippen LogP) is -1.80. The average Bonchev–Trinajstić information content (AvgIpc) is 2.50. The molecule has 4 N–H and O–H groups in total. The normalized spacial score (nSPS) is 30.7. The molecule has 2 rings (SSSR count). The van der Waals surface area contributed by atoms with E-state index in [0.717, 1.165) is 12.1 Å². The molecular weight excluding hydrogens is 312 g/mol. The quantitative estimate of drug-likeness (QED) is 0.368. The number of nitro benzene ring substituents is 1. The second-order valence-electron chi connectivity index (χ2n) is 5.15. The lowest BCUT2D eigenvalue weighted by Crippen LogP contribution is -2.58. The van der Waals surface area contributed by atoms with Crippen molar-refractivity contribution in [1.29, 1.82) is 0 Å². The number of carboxylic acids is 1. The smallest absolute Gasteiger partial charge is 0.280 e. The Balaban J connectivity index is 2.25. The zero-order valence-corrected chi connectivity index (χ0v) is 11.9. The fourth-order valence-electron chi connectivity index (χ4n) is 2.28. The lowest BCUT2D eigenvalue weighted by Gasteiger charge is -2.39. The molecule has 5 atom stereocenters. The van der Waals surface area contributed by atoms with Crippen LogP contribution in [-0.2, 0) is 4.74 Å². The van der Waals surface area contributed by atoms with Crippen molar-refractivity contribution >= 4 is 17.3 Å². The molecule has 23 heavy (non-hydrogen) atoms. The number of carbonyl (C=O) groups is 1. The van der Waals surface area contributed by atoms with Gasteiger partial charge in [0.05, 0.1) is 22.6 Å². The number of benzene rings is 1. The number of aliphatic hydroxyl groups excluding tert-OH is 3. The zero-order valence-electron chi connectivity index (χ0n) is 11.9. The summed E-state index contributed by atoms with van der Waals surface area (Å²) < 4.78 is 5.29. The van der Waals surface area contributed by atoms with Crippen LogP contribution in [0.5, 0.6) is 0 Å². The minimum absolute atomic E-state index is 0.0986. The van der Waals surface area contributed by atoms with E-state index in [4.69, 9.17) is 4.74 Å². The summed E-state index contributed by atoms with van der Waals surface area (Å²) in [5.41, 5.74) is -1.18. The van der Waals surface area contributed by atoms with Gasteiger partial charge in [-0.1, -0.05) is 0 Å². The third kappa shape index (κ3) is 3.40. The molecule has 1 aromatic rings. The number of hydrogen-bond donors (Lipinski definition) is 4. The number of nitrogens with zero attached hydrogens (tertiary/aromatic N) is 1. The minimum atomic E-state index is -1.69. The van der Waals surface area contributed by atoms with Crippen LogP contribution < -0.4 is 10.4 Å². The molecule has 0 aromatic heterocycles. The van der Waals surface area contributed by atoms with E-state index in [2.05, 4.69) is 5.32 Å². The maximum Gasteiger partial charge on any atom is 0.280 e. The van der Waals surface area contributed by atoms with Crippen LogP contribution in [0.2, 0.25) is 0 Å². The van der Waals surface area contributed by atoms with E-state index < -0.39 is 52.8 Å². The van der Waals surface area contributed by atoms with Gasteiger partial charge in [0.1, 0.15) is 18.3 Å². The van der Waals surface area contributed by atoms with Gasteiger partial charge in [-0.2, -0.15) is 0 Å². The summed E-state index contributed by atoms with van der Waals surface area (Å²) in [5.74, 6) is -1.69. The molecule has 0 radical (unpaired) electrons. The number of aromatic carboxylic acids is 1. The molecule has 0 aliphatic carbocycles. The van der Waals surface area contributed by atoms with Gasteiger partial charge >= 0.3 is 0 Å². The van der Waals surface area contributed by atoms with Crippen molar-refractivity contribution in [3.05, 3.63) is 33.9 Å². The number of aliphatic hydroxyl groups is 3. The van der Waals surface area contributed by atoms with Gasteiger partial charge in [-0.25, -0.2) is 0 Å². The highest BCUT2D eigenvalue weighted by molar-refractivity contribution is 5.91. The SMILES string of the molecule is CC1OC(Nc2ccc(C(=O)[O-])c([N+](=O)[O-])c2)C(O)C(O)C1O. The van der Waals surface area contributed by atoms with E-state index >= 15 is 0 Å². The van der Waals surface area contributed by atoms with Gasteiger partial charge in [0.25, 0.3) is 5.69 Å². The molecule has 1 aliphatic rings. The highest BCUT2D eigenvalue weighted by Crippen LogP contribution is 2.26. The number of carboxylic acid groups (broad SMARTS) is 1. The van der Waals surface area contributed by atoms with Crippen LogP contribution in [0.1, 0.15) is 17.3 Å². The third-order valence-electron chi connectivity index (χ3n) is 3.58. The van der Waals surface area contributed by atoms with E-state index in [1.54, 1.807) is 0 Å².